The Hall–Kier alpha value is 0.230. The van der Waals surface area contributed by atoms with Crippen LogP contribution in [0, 0.1) is 5.41 Å². The molecule has 0 radical (unpaired) electrons. The Morgan fingerprint density at radius 3 is 2.88 bits per heavy atom. The van der Waals surface area contributed by atoms with Crippen LogP contribution < -0.4 is 10.6 Å². The number of thioether (sulfide) groups is 1. The highest BCUT2D eigenvalue weighted by atomic mass is 32.2. The van der Waals surface area contributed by atoms with E-state index >= 15 is 0 Å². The first-order valence-corrected chi connectivity index (χ1v) is 7.87. The fraction of sp³-hybridized carbons (Fsp3) is 1.00. The van der Waals surface area contributed by atoms with E-state index in [0.29, 0.717) is 23.6 Å². The van der Waals surface area contributed by atoms with E-state index in [1.165, 1.54) is 24.5 Å². The summed E-state index contributed by atoms with van der Waals surface area (Å²) in [5, 5.41) is 7.28. The Balaban J connectivity index is 1.63. The van der Waals surface area contributed by atoms with Gasteiger partial charge in [-0.3, -0.25) is 0 Å². The Morgan fingerprint density at radius 2 is 2.29 bits per heavy atom. The molecule has 1 heterocycles. The van der Waals surface area contributed by atoms with E-state index in [-0.39, 0.29) is 0 Å². The molecule has 0 amide bonds. The number of nitrogens with one attached hydrogen (secondary N) is 2. The third-order valence-electron chi connectivity index (χ3n) is 4.34. The van der Waals surface area contributed by atoms with E-state index in [9.17, 15) is 0 Å². The lowest BCUT2D eigenvalue weighted by Gasteiger charge is -2.51. The van der Waals surface area contributed by atoms with E-state index in [1.807, 2.05) is 7.11 Å². The van der Waals surface area contributed by atoms with E-state index in [0.717, 1.165) is 13.0 Å². The predicted molar refractivity (Wildman–Crippen MR) is 74.7 cm³/mol. The van der Waals surface area contributed by atoms with Crippen LogP contribution >= 0.6 is 11.8 Å². The lowest BCUT2D eigenvalue weighted by atomic mass is 9.64. The van der Waals surface area contributed by atoms with Crippen molar-refractivity contribution < 1.29 is 4.74 Å². The first kappa shape index (κ1) is 13.7. The molecule has 2 rings (SSSR count). The second-order valence-corrected chi connectivity index (χ2v) is 6.95. The molecule has 0 spiro atoms. The van der Waals surface area contributed by atoms with Crippen LogP contribution in [0.25, 0.3) is 0 Å². The molecular weight excluding hydrogens is 232 g/mol. The third-order valence-corrected chi connectivity index (χ3v) is 5.48. The van der Waals surface area contributed by atoms with Crippen LogP contribution in [-0.4, -0.2) is 49.9 Å². The maximum absolute atomic E-state index is 5.47. The molecular formula is C13H26N2OS. The summed E-state index contributed by atoms with van der Waals surface area (Å²) in [4.78, 5) is 0. The zero-order chi connectivity index (χ0) is 12.3. The predicted octanol–water partition coefficient (Wildman–Crippen LogP) is 1.48. The second kappa shape index (κ2) is 5.91. The van der Waals surface area contributed by atoms with Crippen molar-refractivity contribution >= 4 is 11.8 Å². The van der Waals surface area contributed by atoms with Gasteiger partial charge in [0, 0.05) is 42.7 Å². The molecule has 1 aliphatic carbocycles. The van der Waals surface area contributed by atoms with Crippen LogP contribution in [0.5, 0.6) is 0 Å². The summed E-state index contributed by atoms with van der Waals surface area (Å²) in [5.74, 6) is 2.55. The summed E-state index contributed by atoms with van der Waals surface area (Å²) in [6, 6.07) is 1.34. The highest BCUT2D eigenvalue weighted by Gasteiger charge is 2.48. The summed E-state index contributed by atoms with van der Waals surface area (Å²) >= 11 is 2.08. The van der Waals surface area contributed by atoms with Gasteiger partial charge in [-0.1, -0.05) is 13.8 Å². The molecule has 100 valence electrons. The molecule has 0 aromatic carbocycles. The summed E-state index contributed by atoms with van der Waals surface area (Å²) in [6.45, 7) is 6.91. The van der Waals surface area contributed by atoms with Crippen molar-refractivity contribution in [3.05, 3.63) is 0 Å². The molecule has 0 aromatic rings. The quantitative estimate of drug-likeness (QED) is 0.783. The van der Waals surface area contributed by atoms with Crippen LogP contribution in [0.1, 0.15) is 26.7 Å². The van der Waals surface area contributed by atoms with Gasteiger partial charge < -0.3 is 15.4 Å². The topological polar surface area (TPSA) is 33.3 Å². The minimum Gasteiger partial charge on any atom is -0.381 e. The normalized spacial score (nSPS) is 36.5. The third kappa shape index (κ3) is 3.16. The first-order chi connectivity index (χ1) is 8.14. The molecule has 2 fully saturated rings. The molecule has 1 aliphatic heterocycles. The summed E-state index contributed by atoms with van der Waals surface area (Å²) in [7, 11) is 1.83. The van der Waals surface area contributed by atoms with Crippen molar-refractivity contribution in [2.45, 2.75) is 44.9 Å². The van der Waals surface area contributed by atoms with Crippen LogP contribution in [-0.2, 0) is 4.74 Å². The van der Waals surface area contributed by atoms with Gasteiger partial charge in [0.1, 0.15) is 0 Å². The van der Waals surface area contributed by atoms with Gasteiger partial charge in [-0.25, -0.2) is 0 Å². The minimum absolute atomic E-state index is 0.295. The molecule has 17 heavy (non-hydrogen) atoms. The molecule has 4 heteroatoms. The van der Waals surface area contributed by atoms with Crippen molar-refractivity contribution in [3.63, 3.8) is 0 Å². The molecule has 0 bridgehead atoms. The molecule has 3 nitrogen and oxygen atoms in total. The number of hydrogen-bond donors (Lipinski definition) is 2. The summed E-state index contributed by atoms with van der Waals surface area (Å²) in [6.07, 6.45) is 2.84. The van der Waals surface area contributed by atoms with Crippen LogP contribution in [0.15, 0.2) is 0 Å². The lowest BCUT2D eigenvalue weighted by Crippen LogP contribution is -2.61. The largest absolute Gasteiger partial charge is 0.381 e. The molecule has 1 saturated heterocycles. The van der Waals surface area contributed by atoms with Crippen LogP contribution in [0.2, 0.25) is 0 Å². The van der Waals surface area contributed by atoms with Gasteiger partial charge in [-0.05, 0) is 19.4 Å². The zero-order valence-corrected chi connectivity index (χ0v) is 12.1. The highest BCUT2D eigenvalue weighted by molar-refractivity contribution is 7.99. The lowest BCUT2D eigenvalue weighted by molar-refractivity contribution is -0.0973. The van der Waals surface area contributed by atoms with Crippen LogP contribution in [0.4, 0.5) is 0 Å². The Kier molecular flexibility index (Phi) is 4.75. The molecule has 0 aromatic heterocycles. The Labute approximate surface area is 109 Å². The molecule has 2 aliphatic rings. The average Bonchev–Trinajstić information content (AvgIpc) is 2.34. The second-order valence-electron chi connectivity index (χ2n) is 5.80. The van der Waals surface area contributed by atoms with E-state index in [2.05, 4.69) is 36.2 Å². The molecule has 3 unspecified atom stereocenters. The maximum atomic E-state index is 5.47. The maximum Gasteiger partial charge on any atom is 0.0652 e. The summed E-state index contributed by atoms with van der Waals surface area (Å²) < 4.78 is 5.47. The van der Waals surface area contributed by atoms with E-state index in [4.69, 9.17) is 4.74 Å². The fourth-order valence-electron chi connectivity index (χ4n) is 2.87. The van der Waals surface area contributed by atoms with Crippen molar-refractivity contribution in [1.82, 2.24) is 10.6 Å². The fourth-order valence-corrected chi connectivity index (χ4v) is 3.87. The minimum atomic E-state index is 0.295. The first-order valence-electron chi connectivity index (χ1n) is 6.72. The van der Waals surface area contributed by atoms with Crippen molar-refractivity contribution in [1.29, 1.82) is 0 Å². The van der Waals surface area contributed by atoms with Gasteiger partial charge in [-0.15, -0.1) is 0 Å². The molecule has 1 saturated carbocycles. The Morgan fingerprint density at radius 1 is 1.47 bits per heavy atom. The van der Waals surface area contributed by atoms with Crippen LogP contribution in [0.3, 0.4) is 0 Å². The Bertz CT molecular complexity index is 242. The highest BCUT2D eigenvalue weighted by Crippen LogP contribution is 2.42. The number of methoxy groups -OCH3 is 1. The number of hydrogen-bond acceptors (Lipinski definition) is 4. The SMILES string of the molecule is COC1CC(NCCC2CSCCN2)C1(C)C. The standard InChI is InChI=1S/C13H26N2OS/c1-13(2)11(8-12(13)16-3)15-5-4-10-9-17-7-6-14-10/h10-12,14-15H,4-9H2,1-3H3. The van der Waals surface area contributed by atoms with Gasteiger partial charge >= 0.3 is 0 Å². The number of ether oxygens (including phenoxy) is 1. The van der Waals surface area contributed by atoms with E-state index < -0.39 is 0 Å². The molecule has 3 atom stereocenters. The van der Waals surface area contributed by atoms with Crippen molar-refractivity contribution in [2.24, 2.45) is 5.41 Å². The zero-order valence-electron chi connectivity index (χ0n) is 11.3. The summed E-state index contributed by atoms with van der Waals surface area (Å²) in [5.41, 5.74) is 0.295. The number of rotatable bonds is 5. The van der Waals surface area contributed by atoms with Gasteiger partial charge in [0.15, 0.2) is 0 Å². The van der Waals surface area contributed by atoms with Gasteiger partial charge in [-0.2, -0.15) is 11.8 Å². The molecule has 2 N–H and O–H groups in total. The average molecular weight is 258 g/mol. The smallest absolute Gasteiger partial charge is 0.0652 e. The monoisotopic (exact) mass is 258 g/mol. The van der Waals surface area contributed by atoms with Gasteiger partial charge in [0.05, 0.1) is 6.10 Å². The van der Waals surface area contributed by atoms with E-state index in [1.54, 1.807) is 0 Å². The van der Waals surface area contributed by atoms with Gasteiger partial charge in [0.25, 0.3) is 0 Å². The van der Waals surface area contributed by atoms with Crippen molar-refractivity contribution in [3.8, 4) is 0 Å². The van der Waals surface area contributed by atoms with Gasteiger partial charge in [0.2, 0.25) is 0 Å². The van der Waals surface area contributed by atoms with Crippen molar-refractivity contribution in [2.75, 3.05) is 31.7 Å².